The normalized spacial score (nSPS) is 29.4. The van der Waals surface area contributed by atoms with E-state index >= 15 is 0 Å². The highest BCUT2D eigenvalue weighted by Gasteiger charge is 2.53. The second-order valence-corrected chi connectivity index (χ2v) is 4.50. The topological polar surface area (TPSA) is 66.5 Å². The van der Waals surface area contributed by atoms with Crippen molar-refractivity contribution in [3.63, 3.8) is 0 Å². The smallest absolute Gasteiger partial charge is 0.276 e. The lowest BCUT2D eigenvalue weighted by Crippen LogP contribution is -2.63. The number of nitrogens with one attached hydrogen (secondary N) is 1. The van der Waals surface area contributed by atoms with Gasteiger partial charge in [-0.2, -0.15) is 0 Å². The van der Waals surface area contributed by atoms with E-state index in [9.17, 15) is 14.4 Å². The average Bonchev–Trinajstić information content (AvgIpc) is 2.82. The fraction of sp³-hybridized carbons (Fsp3) is 0.583. The summed E-state index contributed by atoms with van der Waals surface area (Å²) in [4.78, 5) is 36.8. The van der Waals surface area contributed by atoms with Crippen LogP contribution in [0, 0.1) is 5.41 Å². The highest BCUT2D eigenvalue weighted by Crippen LogP contribution is 2.41. The minimum absolute atomic E-state index is 0.390. The molecule has 0 saturated carbocycles. The number of imide groups is 2. The molecule has 4 amide bonds. The van der Waals surface area contributed by atoms with Crippen molar-refractivity contribution < 1.29 is 14.4 Å². The maximum atomic E-state index is 12.3. The SMILES string of the molecule is CCC1(C2=CCCC2)C(=O)NC(=O)N(C)C1=O. The Balaban J connectivity index is 2.47. The highest BCUT2D eigenvalue weighted by atomic mass is 16.2. The zero-order valence-corrected chi connectivity index (χ0v) is 10.1. The van der Waals surface area contributed by atoms with E-state index in [0.29, 0.717) is 6.42 Å². The zero-order chi connectivity index (χ0) is 12.6. The molecule has 1 aliphatic carbocycles. The summed E-state index contributed by atoms with van der Waals surface area (Å²) in [7, 11) is 1.41. The first-order valence-corrected chi connectivity index (χ1v) is 5.87. The molecule has 2 aliphatic rings. The number of carbonyl (C=O) groups excluding carboxylic acids is 3. The summed E-state index contributed by atoms with van der Waals surface area (Å²) >= 11 is 0. The van der Waals surface area contributed by atoms with Crippen LogP contribution in [0.25, 0.3) is 0 Å². The molecule has 5 nitrogen and oxygen atoms in total. The summed E-state index contributed by atoms with van der Waals surface area (Å²) in [6, 6.07) is -0.636. The number of rotatable bonds is 2. The quantitative estimate of drug-likeness (QED) is 0.578. The van der Waals surface area contributed by atoms with Gasteiger partial charge in [0.15, 0.2) is 0 Å². The van der Waals surface area contributed by atoms with Crippen molar-refractivity contribution in [2.75, 3.05) is 7.05 Å². The predicted molar refractivity (Wildman–Crippen MR) is 61.0 cm³/mol. The summed E-state index contributed by atoms with van der Waals surface area (Å²) in [6.07, 6.45) is 4.98. The Kier molecular flexibility index (Phi) is 2.77. The number of allylic oxidation sites excluding steroid dienone is 1. The number of hydrogen-bond acceptors (Lipinski definition) is 3. The maximum absolute atomic E-state index is 12.3. The van der Waals surface area contributed by atoms with Crippen molar-refractivity contribution in [3.05, 3.63) is 11.6 Å². The van der Waals surface area contributed by atoms with Crippen molar-refractivity contribution in [1.29, 1.82) is 0 Å². The van der Waals surface area contributed by atoms with E-state index in [2.05, 4.69) is 5.32 Å². The Hall–Kier alpha value is -1.65. The monoisotopic (exact) mass is 236 g/mol. The molecular weight excluding hydrogens is 220 g/mol. The Morgan fingerprint density at radius 1 is 1.41 bits per heavy atom. The minimum atomic E-state index is -1.15. The molecule has 1 heterocycles. The van der Waals surface area contributed by atoms with Crippen molar-refractivity contribution in [2.24, 2.45) is 5.41 Å². The molecule has 1 saturated heterocycles. The summed E-state index contributed by atoms with van der Waals surface area (Å²) in [5, 5.41) is 2.26. The van der Waals surface area contributed by atoms with E-state index in [1.54, 1.807) is 6.92 Å². The third kappa shape index (κ3) is 1.49. The molecule has 1 fully saturated rings. The highest BCUT2D eigenvalue weighted by molar-refractivity contribution is 6.20. The fourth-order valence-electron chi connectivity index (χ4n) is 2.64. The van der Waals surface area contributed by atoms with Gasteiger partial charge in [-0.1, -0.05) is 13.0 Å². The van der Waals surface area contributed by atoms with Gasteiger partial charge in [-0.05, 0) is 31.3 Å². The summed E-state index contributed by atoms with van der Waals surface area (Å²) < 4.78 is 0. The van der Waals surface area contributed by atoms with Gasteiger partial charge in [-0.3, -0.25) is 19.8 Å². The molecule has 0 aromatic carbocycles. The standard InChI is InChI=1S/C12H16N2O3/c1-3-12(8-6-4-5-7-8)9(15)13-11(17)14(2)10(12)16/h6H,3-5,7H2,1-2H3,(H,13,15,17). The van der Waals surface area contributed by atoms with Crippen LogP contribution in [0.5, 0.6) is 0 Å². The molecule has 1 atom stereocenters. The van der Waals surface area contributed by atoms with Crippen LogP contribution in [-0.4, -0.2) is 29.8 Å². The summed E-state index contributed by atoms with van der Waals surface area (Å²) in [5.41, 5.74) is -0.291. The van der Waals surface area contributed by atoms with Crippen molar-refractivity contribution in [3.8, 4) is 0 Å². The van der Waals surface area contributed by atoms with E-state index in [0.717, 1.165) is 29.7 Å². The van der Waals surface area contributed by atoms with Gasteiger partial charge >= 0.3 is 6.03 Å². The maximum Gasteiger partial charge on any atom is 0.330 e. The van der Waals surface area contributed by atoms with Crippen LogP contribution in [0.15, 0.2) is 11.6 Å². The largest absolute Gasteiger partial charge is 0.330 e. The van der Waals surface area contributed by atoms with E-state index in [4.69, 9.17) is 0 Å². The van der Waals surface area contributed by atoms with Gasteiger partial charge in [-0.25, -0.2) is 4.79 Å². The Bertz CT molecular complexity index is 427. The second-order valence-electron chi connectivity index (χ2n) is 4.50. The van der Waals surface area contributed by atoms with E-state index in [1.807, 2.05) is 6.08 Å². The molecule has 1 unspecified atom stereocenters. The number of hydrogen-bond donors (Lipinski definition) is 1. The lowest BCUT2D eigenvalue weighted by molar-refractivity contribution is -0.148. The average molecular weight is 236 g/mol. The molecule has 0 aromatic rings. The van der Waals surface area contributed by atoms with Crippen molar-refractivity contribution in [1.82, 2.24) is 10.2 Å². The zero-order valence-electron chi connectivity index (χ0n) is 10.1. The molecule has 1 N–H and O–H groups in total. The van der Waals surface area contributed by atoms with Crippen LogP contribution in [0.3, 0.4) is 0 Å². The molecule has 17 heavy (non-hydrogen) atoms. The molecule has 0 radical (unpaired) electrons. The first kappa shape index (κ1) is 11.8. The number of carbonyl (C=O) groups is 3. The molecule has 92 valence electrons. The lowest BCUT2D eigenvalue weighted by atomic mass is 9.74. The summed E-state index contributed by atoms with van der Waals surface area (Å²) in [6.45, 7) is 1.81. The minimum Gasteiger partial charge on any atom is -0.276 e. The van der Waals surface area contributed by atoms with Crippen LogP contribution < -0.4 is 5.32 Å². The van der Waals surface area contributed by atoms with Gasteiger partial charge < -0.3 is 0 Å². The number of barbiturate groups is 1. The third-order valence-corrected chi connectivity index (χ3v) is 3.70. The number of amides is 4. The van der Waals surface area contributed by atoms with Crippen LogP contribution >= 0.6 is 0 Å². The Morgan fingerprint density at radius 3 is 2.65 bits per heavy atom. The van der Waals surface area contributed by atoms with Gasteiger partial charge in [0.1, 0.15) is 5.41 Å². The van der Waals surface area contributed by atoms with Gasteiger partial charge in [0.25, 0.3) is 0 Å². The molecule has 5 heteroatoms. The molecule has 2 rings (SSSR count). The van der Waals surface area contributed by atoms with Crippen LogP contribution in [0.2, 0.25) is 0 Å². The molecule has 1 aliphatic heterocycles. The van der Waals surface area contributed by atoms with E-state index in [1.165, 1.54) is 7.05 Å². The number of nitrogens with zero attached hydrogens (tertiary/aromatic N) is 1. The van der Waals surface area contributed by atoms with Crippen LogP contribution in [0.4, 0.5) is 4.79 Å². The first-order valence-electron chi connectivity index (χ1n) is 5.87. The van der Waals surface area contributed by atoms with Crippen LogP contribution in [-0.2, 0) is 9.59 Å². The van der Waals surface area contributed by atoms with Crippen molar-refractivity contribution in [2.45, 2.75) is 32.6 Å². The van der Waals surface area contributed by atoms with E-state index in [-0.39, 0.29) is 0 Å². The third-order valence-electron chi connectivity index (χ3n) is 3.70. The molecular formula is C12H16N2O3. The van der Waals surface area contributed by atoms with Gasteiger partial charge in [0.05, 0.1) is 0 Å². The van der Waals surface area contributed by atoms with E-state index < -0.39 is 23.3 Å². The molecule has 0 aromatic heterocycles. The predicted octanol–water partition coefficient (Wildman–Crippen LogP) is 1.20. The summed E-state index contributed by atoms with van der Waals surface area (Å²) in [5.74, 6) is -0.872. The first-order chi connectivity index (χ1) is 8.04. The lowest BCUT2D eigenvalue weighted by Gasteiger charge is -2.38. The Morgan fingerprint density at radius 2 is 2.12 bits per heavy atom. The van der Waals surface area contributed by atoms with Gasteiger partial charge in [0.2, 0.25) is 11.8 Å². The molecule has 0 spiro atoms. The molecule has 0 bridgehead atoms. The van der Waals surface area contributed by atoms with Crippen molar-refractivity contribution >= 4 is 17.8 Å². The fourth-order valence-corrected chi connectivity index (χ4v) is 2.64. The Labute approximate surface area is 99.8 Å². The van der Waals surface area contributed by atoms with Gasteiger partial charge in [-0.15, -0.1) is 0 Å². The number of urea groups is 1. The van der Waals surface area contributed by atoms with Crippen LogP contribution in [0.1, 0.15) is 32.6 Å². The second kappa shape index (κ2) is 3.98. The van der Waals surface area contributed by atoms with Gasteiger partial charge in [0, 0.05) is 7.05 Å².